The lowest BCUT2D eigenvalue weighted by atomic mass is 10.0. The maximum Gasteiger partial charge on any atom is 0.249 e. The van der Waals surface area contributed by atoms with E-state index >= 15 is 0 Å². The lowest BCUT2D eigenvalue weighted by Gasteiger charge is -2.32. The Morgan fingerprint density at radius 2 is 1.83 bits per heavy atom. The van der Waals surface area contributed by atoms with Gasteiger partial charge in [-0.1, -0.05) is 0 Å². The molecule has 7 nitrogen and oxygen atoms in total. The standard InChI is InChI=1S/C17H23N3O4/c1-19(16(21)11-9-18-10-11)15-4-5-20(17(15)22)12-6-13(23-2)8-14(7-12)24-3/h6-8,11,15,18H,4-5,9-10H2,1-3H3. The Bertz CT molecular complexity index is 622. The molecule has 1 unspecified atom stereocenters. The summed E-state index contributed by atoms with van der Waals surface area (Å²) in [7, 11) is 4.87. The molecule has 0 aromatic heterocycles. The Morgan fingerprint density at radius 3 is 2.33 bits per heavy atom. The number of hydrogen-bond acceptors (Lipinski definition) is 5. The molecular weight excluding hydrogens is 310 g/mol. The smallest absolute Gasteiger partial charge is 0.249 e. The Kier molecular flexibility index (Phi) is 4.62. The molecule has 24 heavy (non-hydrogen) atoms. The summed E-state index contributed by atoms with van der Waals surface area (Å²) in [6.45, 7) is 1.96. The number of nitrogens with one attached hydrogen (secondary N) is 1. The van der Waals surface area contributed by atoms with Crippen molar-refractivity contribution in [3.63, 3.8) is 0 Å². The van der Waals surface area contributed by atoms with Crippen molar-refractivity contribution in [3.8, 4) is 11.5 Å². The van der Waals surface area contributed by atoms with E-state index in [0.717, 1.165) is 5.69 Å². The van der Waals surface area contributed by atoms with E-state index in [0.29, 0.717) is 37.6 Å². The molecule has 0 spiro atoms. The van der Waals surface area contributed by atoms with E-state index in [1.165, 1.54) is 0 Å². The van der Waals surface area contributed by atoms with Crippen LogP contribution in [0.4, 0.5) is 5.69 Å². The van der Waals surface area contributed by atoms with Crippen molar-refractivity contribution in [1.29, 1.82) is 0 Å². The van der Waals surface area contributed by atoms with Gasteiger partial charge in [0.15, 0.2) is 0 Å². The zero-order valence-electron chi connectivity index (χ0n) is 14.2. The summed E-state index contributed by atoms with van der Waals surface area (Å²) < 4.78 is 10.5. The summed E-state index contributed by atoms with van der Waals surface area (Å²) >= 11 is 0. The Morgan fingerprint density at radius 1 is 1.21 bits per heavy atom. The van der Waals surface area contributed by atoms with Crippen LogP contribution in [0.3, 0.4) is 0 Å². The lowest BCUT2D eigenvalue weighted by molar-refractivity contribution is -0.141. The molecule has 3 rings (SSSR count). The number of anilines is 1. The van der Waals surface area contributed by atoms with Crippen molar-refractivity contribution in [2.75, 3.05) is 45.8 Å². The van der Waals surface area contributed by atoms with Crippen LogP contribution >= 0.6 is 0 Å². The second kappa shape index (κ2) is 6.68. The van der Waals surface area contributed by atoms with Gasteiger partial charge in [-0.15, -0.1) is 0 Å². The van der Waals surface area contributed by atoms with E-state index < -0.39 is 6.04 Å². The number of likely N-dealkylation sites (N-methyl/N-ethyl adjacent to an activating group) is 1. The van der Waals surface area contributed by atoms with Gasteiger partial charge in [-0.05, 0) is 6.42 Å². The van der Waals surface area contributed by atoms with Gasteiger partial charge in [0.1, 0.15) is 17.5 Å². The van der Waals surface area contributed by atoms with Gasteiger partial charge < -0.3 is 24.6 Å². The molecule has 7 heteroatoms. The number of rotatable bonds is 5. The summed E-state index contributed by atoms with van der Waals surface area (Å²) in [6.07, 6.45) is 0.626. The molecular formula is C17H23N3O4. The van der Waals surface area contributed by atoms with Crippen LogP contribution in [0.25, 0.3) is 0 Å². The molecule has 130 valence electrons. The van der Waals surface area contributed by atoms with Gasteiger partial charge in [0.25, 0.3) is 0 Å². The van der Waals surface area contributed by atoms with E-state index in [4.69, 9.17) is 9.47 Å². The van der Waals surface area contributed by atoms with Gasteiger partial charge >= 0.3 is 0 Å². The van der Waals surface area contributed by atoms with Gasteiger partial charge in [-0.2, -0.15) is 0 Å². The molecule has 1 aromatic carbocycles. The number of benzene rings is 1. The number of ether oxygens (including phenoxy) is 2. The first kappa shape index (κ1) is 16.6. The minimum atomic E-state index is -0.407. The Hall–Kier alpha value is -2.28. The van der Waals surface area contributed by atoms with Crippen molar-refractivity contribution in [2.24, 2.45) is 5.92 Å². The van der Waals surface area contributed by atoms with Gasteiger partial charge in [-0.25, -0.2) is 0 Å². The first-order valence-corrected chi connectivity index (χ1v) is 8.07. The molecule has 0 radical (unpaired) electrons. The average Bonchev–Trinajstić information content (AvgIpc) is 2.93. The van der Waals surface area contributed by atoms with E-state index in [9.17, 15) is 9.59 Å². The molecule has 0 saturated carbocycles. The normalized spacial score (nSPS) is 20.7. The molecule has 1 N–H and O–H groups in total. The number of nitrogens with zero attached hydrogens (tertiary/aromatic N) is 2. The third-order valence-corrected chi connectivity index (χ3v) is 4.77. The van der Waals surface area contributed by atoms with Crippen molar-refractivity contribution >= 4 is 17.5 Å². The quantitative estimate of drug-likeness (QED) is 0.849. The number of methoxy groups -OCH3 is 2. The molecule has 2 fully saturated rings. The number of amides is 2. The fourth-order valence-corrected chi connectivity index (χ4v) is 3.13. The third-order valence-electron chi connectivity index (χ3n) is 4.77. The topological polar surface area (TPSA) is 71.1 Å². The van der Waals surface area contributed by atoms with E-state index in [2.05, 4.69) is 5.32 Å². The van der Waals surface area contributed by atoms with E-state index in [1.54, 1.807) is 49.3 Å². The minimum Gasteiger partial charge on any atom is -0.497 e. The van der Waals surface area contributed by atoms with Gasteiger partial charge in [-0.3, -0.25) is 9.59 Å². The zero-order valence-corrected chi connectivity index (χ0v) is 14.2. The predicted octanol–water partition coefficient (Wildman–Crippen LogP) is 0.487. The SMILES string of the molecule is COc1cc(OC)cc(N2CCC(N(C)C(=O)C3CNC3)C2=O)c1. The summed E-state index contributed by atoms with van der Waals surface area (Å²) in [5.74, 6) is 1.23. The first-order chi connectivity index (χ1) is 11.5. The minimum absolute atomic E-state index is 0.00577. The van der Waals surface area contributed by atoms with Crippen LogP contribution in [0.15, 0.2) is 18.2 Å². The average molecular weight is 333 g/mol. The molecule has 2 aliphatic rings. The summed E-state index contributed by atoms with van der Waals surface area (Å²) in [5, 5.41) is 3.09. The number of carbonyl (C=O) groups is 2. The van der Waals surface area contributed by atoms with Crippen LogP contribution in [0.1, 0.15) is 6.42 Å². The van der Waals surface area contributed by atoms with Crippen molar-refractivity contribution < 1.29 is 19.1 Å². The van der Waals surface area contributed by atoms with E-state index in [1.807, 2.05) is 0 Å². The lowest BCUT2D eigenvalue weighted by Crippen LogP contribution is -2.54. The highest BCUT2D eigenvalue weighted by molar-refractivity contribution is 6.01. The van der Waals surface area contributed by atoms with Crippen LogP contribution in [0, 0.1) is 5.92 Å². The number of hydrogen-bond donors (Lipinski definition) is 1. The summed E-state index contributed by atoms with van der Waals surface area (Å²) in [6, 6.07) is 4.97. The maximum atomic E-state index is 12.8. The highest BCUT2D eigenvalue weighted by Crippen LogP contribution is 2.32. The highest BCUT2D eigenvalue weighted by Gasteiger charge is 2.40. The van der Waals surface area contributed by atoms with Crippen LogP contribution in [0.5, 0.6) is 11.5 Å². The molecule has 1 aromatic rings. The fourth-order valence-electron chi connectivity index (χ4n) is 3.13. The number of carbonyl (C=O) groups excluding carboxylic acids is 2. The van der Waals surface area contributed by atoms with Gasteiger partial charge in [0.2, 0.25) is 11.8 Å². The van der Waals surface area contributed by atoms with Crippen LogP contribution in [-0.2, 0) is 9.59 Å². The maximum absolute atomic E-state index is 12.8. The van der Waals surface area contributed by atoms with Crippen molar-refractivity contribution in [1.82, 2.24) is 10.2 Å². The Balaban J connectivity index is 1.77. The molecule has 2 heterocycles. The molecule has 1 atom stereocenters. The summed E-state index contributed by atoms with van der Waals surface area (Å²) in [5.41, 5.74) is 0.727. The molecule has 2 saturated heterocycles. The monoisotopic (exact) mass is 333 g/mol. The largest absolute Gasteiger partial charge is 0.497 e. The van der Waals surface area contributed by atoms with Crippen molar-refractivity contribution in [3.05, 3.63) is 18.2 Å². The summed E-state index contributed by atoms with van der Waals surface area (Å²) in [4.78, 5) is 28.5. The third kappa shape index (κ3) is 2.91. The predicted molar refractivity (Wildman–Crippen MR) is 89.4 cm³/mol. The fraction of sp³-hybridized carbons (Fsp3) is 0.529. The van der Waals surface area contributed by atoms with Crippen molar-refractivity contribution in [2.45, 2.75) is 12.5 Å². The van der Waals surface area contributed by atoms with Crippen LogP contribution in [-0.4, -0.2) is 63.7 Å². The Labute approximate surface area is 141 Å². The van der Waals surface area contributed by atoms with Crippen LogP contribution < -0.4 is 19.7 Å². The first-order valence-electron chi connectivity index (χ1n) is 8.07. The molecule has 2 amide bonds. The highest BCUT2D eigenvalue weighted by atomic mass is 16.5. The molecule has 0 aliphatic carbocycles. The molecule has 2 aliphatic heterocycles. The van der Waals surface area contributed by atoms with Gasteiger partial charge in [0, 0.05) is 44.9 Å². The van der Waals surface area contributed by atoms with E-state index in [-0.39, 0.29) is 17.7 Å². The second-order valence-corrected chi connectivity index (χ2v) is 6.17. The zero-order chi connectivity index (χ0) is 17.3. The second-order valence-electron chi connectivity index (χ2n) is 6.17. The van der Waals surface area contributed by atoms with Gasteiger partial charge in [0.05, 0.1) is 25.8 Å². The molecule has 0 bridgehead atoms. The van der Waals surface area contributed by atoms with Crippen LogP contribution in [0.2, 0.25) is 0 Å².